The Bertz CT molecular complexity index is 382. The molecule has 0 fully saturated rings. The van der Waals surface area contributed by atoms with Gasteiger partial charge in [0.05, 0.1) is 6.10 Å². The number of anilines is 2. The van der Waals surface area contributed by atoms with E-state index >= 15 is 0 Å². The molecule has 0 unspecified atom stereocenters. The highest BCUT2D eigenvalue weighted by Gasteiger charge is 2.01. The Morgan fingerprint density at radius 2 is 1.75 bits per heavy atom. The molecular weight excluding hydrogens is 252 g/mol. The fourth-order valence-corrected chi connectivity index (χ4v) is 1.76. The van der Waals surface area contributed by atoms with Gasteiger partial charge in [-0.3, -0.25) is 0 Å². The van der Waals surface area contributed by atoms with Crippen molar-refractivity contribution in [3.05, 3.63) is 11.9 Å². The van der Waals surface area contributed by atoms with Crippen LogP contribution >= 0.6 is 0 Å². The normalized spacial score (nSPS) is 10.8. The molecule has 0 spiro atoms. The Morgan fingerprint density at radius 1 is 1.10 bits per heavy atom. The molecule has 5 nitrogen and oxygen atoms in total. The third-order valence-corrected chi connectivity index (χ3v) is 2.72. The zero-order valence-corrected chi connectivity index (χ0v) is 13.2. The fraction of sp³-hybridized carbons (Fsp3) is 0.733. The van der Waals surface area contributed by atoms with Gasteiger partial charge in [-0.1, -0.05) is 6.92 Å². The predicted molar refractivity (Wildman–Crippen MR) is 84.4 cm³/mol. The second kappa shape index (κ2) is 9.53. The average Bonchev–Trinajstić information content (AvgIpc) is 2.39. The minimum atomic E-state index is 0.319. The van der Waals surface area contributed by atoms with Crippen molar-refractivity contribution in [2.24, 2.45) is 0 Å². The molecule has 2 N–H and O–H groups in total. The molecule has 0 aliphatic heterocycles. The number of unbranched alkanes of at least 4 members (excludes halogenated alkanes) is 1. The SMILES string of the molecule is CCCNc1cc(NCCCCOC(C)C)nc(C)n1. The quantitative estimate of drug-likeness (QED) is 0.644. The van der Waals surface area contributed by atoms with E-state index < -0.39 is 0 Å². The average molecular weight is 280 g/mol. The third-order valence-electron chi connectivity index (χ3n) is 2.72. The van der Waals surface area contributed by atoms with Crippen molar-refractivity contribution in [3.63, 3.8) is 0 Å². The molecule has 0 radical (unpaired) electrons. The Kier molecular flexibility index (Phi) is 7.95. The van der Waals surface area contributed by atoms with E-state index in [1.165, 1.54) is 0 Å². The van der Waals surface area contributed by atoms with Crippen molar-refractivity contribution in [1.82, 2.24) is 9.97 Å². The van der Waals surface area contributed by atoms with Crippen molar-refractivity contribution in [2.45, 2.75) is 53.1 Å². The highest BCUT2D eigenvalue weighted by Crippen LogP contribution is 2.11. The molecule has 0 aliphatic carbocycles. The maximum absolute atomic E-state index is 5.51. The molecule has 1 aromatic rings. The van der Waals surface area contributed by atoms with E-state index in [1.54, 1.807) is 0 Å². The standard InChI is InChI=1S/C15H28N4O/c1-5-8-16-14-11-15(19-13(4)18-14)17-9-6-7-10-20-12(2)3/h11-12H,5-10H2,1-4H3,(H2,16,17,18,19). The smallest absolute Gasteiger partial charge is 0.131 e. The van der Waals surface area contributed by atoms with Crippen LogP contribution in [0.3, 0.4) is 0 Å². The highest BCUT2D eigenvalue weighted by atomic mass is 16.5. The van der Waals surface area contributed by atoms with Gasteiger partial charge in [0.25, 0.3) is 0 Å². The van der Waals surface area contributed by atoms with Crippen molar-refractivity contribution < 1.29 is 4.74 Å². The van der Waals surface area contributed by atoms with Gasteiger partial charge in [0.2, 0.25) is 0 Å². The van der Waals surface area contributed by atoms with Gasteiger partial charge in [-0.25, -0.2) is 9.97 Å². The van der Waals surface area contributed by atoms with E-state index in [1.807, 2.05) is 13.0 Å². The van der Waals surface area contributed by atoms with E-state index in [0.717, 1.165) is 56.4 Å². The summed E-state index contributed by atoms with van der Waals surface area (Å²) in [5, 5.41) is 6.63. The molecule has 0 aliphatic rings. The van der Waals surface area contributed by atoms with Crippen molar-refractivity contribution in [1.29, 1.82) is 0 Å². The summed E-state index contributed by atoms with van der Waals surface area (Å²) in [6.07, 6.45) is 3.55. The minimum Gasteiger partial charge on any atom is -0.379 e. The van der Waals surface area contributed by atoms with Gasteiger partial charge in [-0.2, -0.15) is 0 Å². The monoisotopic (exact) mass is 280 g/mol. The van der Waals surface area contributed by atoms with Gasteiger partial charge in [-0.15, -0.1) is 0 Å². The van der Waals surface area contributed by atoms with Crippen LogP contribution in [-0.2, 0) is 4.74 Å². The van der Waals surface area contributed by atoms with E-state index in [9.17, 15) is 0 Å². The van der Waals surface area contributed by atoms with Crippen LogP contribution < -0.4 is 10.6 Å². The summed E-state index contributed by atoms with van der Waals surface area (Å²) in [5.74, 6) is 2.57. The number of hydrogen-bond acceptors (Lipinski definition) is 5. The summed E-state index contributed by atoms with van der Waals surface area (Å²) >= 11 is 0. The molecule has 1 aromatic heterocycles. The first kappa shape index (κ1) is 16.7. The molecule has 1 rings (SSSR count). The summed E-state index contributed by atoms with van der Waals surface area (Å²) < 4.78 is 5.51. The molecule has 0 saturated carbocycles. The van der Waals surface area contributed by atoms with Crippen LogP contribution in [0.2, 0.25) is 0 Å². The summed E-state index contributed by atoms with van der Waals surface area (Å²) in [6.45, 7) is 10.8. The lowest BCUT2D eigenvalue weighted by Crippen LogP contribution is -2.09. The number of aromatic nitrogens is 2. The van der Waals surface area contributed by atoms with Crippen LogP contribution in [-0.4, -0.2) is 35.8 Å². The number of aryl methyl sites for hydroxylation is 1. The van der Waals surface area contributed by atoms with Crippen LogP contribution in [0.25, 0.3) is 0 Å². The van der Waals surface area contributed by atoms with Crippen LogP contribution in [0, 0.1) is 6.92 Å². The van der Waals surface area contributed by atoms with Gasteiger partial charge in [0.15, 0.2) is 0 Å². The van der Waals surface area contributed by atoms with Crippen LogP contribution in [0.4, 0.5) is 11.6 Å². The highest BCUT2D eigenvalue weighted by molar-refractivity contribution is 5.47. The molecule has 0 bridgehead atoms. The maximum atomic E-state index is 5.51. The Hall–Kier alpha value is -1.36. The molecule has 0 amide bonds. The zero-order chi connectivity index (χ0) is 14.8. The lowest BCUT2D eigenvalue weighted by Gasteiger charge is -2.10. The number of hydrogen-bond donors (Lipinski definition) is 2. The largest absolute Gasteiger partial charge is 0.379 e. The second-order valence-corrected chi connectivity index (χ2v) is 5.17. The molecule has 20 heavy (non-hydrogen) atoms. The van der Waals surface area contributed by atoms with Crippen LogP contribution in [0.5, 0.6) is 0 Å². The van der Waals surface area contributed by atoms with E-state index in [-0.39, 0.29) is 0 Å². The number of rotatable bonds is 10. The van der Waals surface area contributed by atoms with Crippen molar-refractivity contribution >= 4 is 11.6 Å². The Labute approximate surface area is 122 Å². The first-order chi connectivity index (χ1) is 9.61. The summed E-state index contributed by atoms with van der Waals surface area (Å²) in [6, 6.07) is 1.97. The lowest BCUT2D eigenvalue weighted by molar-refractivity contribution is 0.0765. The fourth-order valence-electron chi connectivity index (χ4n) is 1.76. The summed E-state index contributed by atoms with van der Waals surface area (Å²) in [4.78, 5) is 8.76. The first-order valence-corrected chi connectivity index (χ1v) is 7.57. The van der Waals surface area contributed by atoms with Gasteiger partial charge < -0.3 is 15.4 Å². The first-order valence-electron chi connectivity index (χ1n) is 7.57. The maximum Gasteiger partial charge on any atom is 0.131 e. The molecule has 5 heteroatoms. The molecule has 0 atom stereocenters. The van der Waals surface area contributed by atoms with Gasteiger partial charge in [0, 0.05) is 25.8 Å². The Balaban J connectivity index is 2.30. The van der Waals surface area contributed by atoms with E-state index in [4.69, 9.17) is 4.74 Å². The third kappa shape index (κ3) is 7.28. The summed E-state index contributed by atoms with van der Waals surface area (Å²) in [5.41, 5.74) is 0. The summed E-state index contributed by atoms with van der Waals surface area (Å²) in [7, 11) is 0. The second-order valence-electron chi connectivity index (χ2n) is 5.17. The molecule has 0 aromatic carbocycles. The lowest BCUT2D eigenvalue weighted by atomic mass is 10.3. The van der Waals surface area contributed by atoms with Crippen molar-refractivity contribution in [2.75, 3.05) is 30.3 Å². The molecule has 0 saturated heterocycles. The Morgan fingerprint density at radius 3 is 2.35 bits per heavy atom. The number of nitrogens with one attached hydrogen (secondary N) is 2. The number of ether oxygens (including phenoxy) is 1. The zero-order valence-electron chi connectivity index (χ0n) is 13.2. The van der Waals surface area contributed by atoms with Crippen molar-refractivity contribution in [3.8, 4) is 0 Å². The van der Waals surface area contributed by atoms with Gasteiger partial charge >= 0.3 is 0 Å². The molecule has 114 valence electrons. The topological polar surface area (TPSA) is 59.1 Å². The molecular formula is C15H28N4O. The van der Waals surface area contributed by atoms with Gasteiger partial charge in [0.1, 0.15) is 17.5 Å². The predicted octanol–water partition coefficient (Wildman–Crippen LogP) is 3.22. The van der Waals surface area contributed by atoms with E-state index in [2.05, 4.69) is 41.4 Å². The van der Waals surface area contributed by atoms with Crippen LogP contribution in [0.1, 0.15) is 45.9 Å². The minimum absolute atomic E-state index is 0.319. The van der Waals surface area contributed by atoms with Crippen LogP contribution in [0.15, 0.2) is 6.07 Å². The van der Waals surface area contributed by atoms with Gasteiger partial charge in [-0.05, 0) is 40.0 Å². The molecule has 1 heterocycles. The number of nitrogens with zero attached hydrogens (tertiary/aromatic N) is 2. The van der Waals surface area contributed by atoms with E-state index in [0.29, 0.717) is 6.10 Å².